The van der Waals surface area contributed by atoms with Gasteiger partial charge in [-0.25, -0.2) is 24.1 Å². The van der Waals surface area contributed by atoms with E-state index in [0.29, 0.717) is 40.8 Å². The number of nitrogens with two attached hydrogens (primary N) is 1. The quantitative estimate of drug-likeness (QED) is 0.111. The van der Waals surface area contributed by atoms with Crippen molar-refractivity contribution in [1.82, 2.24) is 14.9 Å². The summed E-state index contributed by atoms with van der Waals surface area (Å²) in [6, 6.07) is 4.05. The average Bonchev–Trinajstić information content (AvgIpc) is 3.78. The van der Waals surface area contributed by atoms with E-state index in [2.05, 4.69) is 20.4 Å². The van der Waals surface area contributed by atoms with E-state index in [1.165, 1.54) is 25.2 Å². The van der Waals surface area contributed by atoms with Crippen LogP contribution in [0.2, 0.25) is 0 Å². The van der Waals surface area contributed by atoms with E-state index < -0.39 is 101 Å². The largest absolute Gasteiger partial charge is 0.457 e. The molecule has 3 fully saturated rings. The van der Waals surface area contributed by atoms with Gasteiger partial charge in [0.05, 0.1) is 48.9 Å². The molecule has 3 aliphatic rings. The van der Waals surface area contributed by atoms with Crippen LogP contribution in [0.15, 0.2) is 33.7 Å². The van der Waals surface area contributed by atoms with Crippen LogP contribution in [-0.4, -0.2) is 153 Å². The number of likely N-dealkylation sites (N-methyl/N-ethyl adjacent to an activating group) is 1. The van der Waals surface area contributed by atoms with E-state index >= 15 is 4.39 Å². The van der Waals surface area contributed by atoms with Gasteiger partial charge in [-0.05, 0) is 91.4 Å². The number of nitrogens with one attached hydrogen (secondary N) is 1. The highest BCUT2D eigenvalue weighted by Crippen LogP contribution is 2.41. The first-order chi connectivity index (χ1) is 33.2. The SMILES string of the molecule is CCC(=O)N=C1[C@H](C)C[C@@]2(C)OC/C(=N/OCc3csc(-c4cccc(NC(=O)[C@@H](N)CC(C)C)n4)n3)CO[C@@H]([C@H]1C)[C@](C)(O)[C@@H](CC)OC(=O)[C@@](C)(F)C(=O)[C@H](C)[C@H]2O[C@@H]1O[C@H](C)C[C@H](N(C)C)[C@H]1O. The molecule has 0 unspecified atom stereocenters. The van der Waals surface area contributed by atoms with Crippen molar-refractivity contribution in [2.45, 2.75) is 181 Å². The van der Waals surface area contributed by atoms with Crippen molar-refractivity contribution in [3.63, 3.8) is 0 Å². The molecule has 0 saturated carbocycles. The average molecular weight is 1020 g/mol. The zero-order chi connectivity index (χ0) is 52.7. The number of aliphatic imine (C=N–C) groups is 1. The number of cyclic esters (lactones) is 1. The van der Waals surface area contributed by atoms with Gasteiger partial charge in [0, 0.05) is 35.4 Å². The molecule has 5 heterocycles. The number of Topliss-reactive ketones (excluding diaryl/α,β-unsaturated/α-hetero) is 1. The molecule has 2 bridgehead atoms. The fourth-order valence-electron chi connectivity index (χ4n) is 9.79. The summed E-state index contributed by atoms with van der Waals surface area (Å²) in [6.45, 7) is 17.1. The Bertz CT molecular complexity index is 2240. The monoisotopic (exact) mass is 1020 g/mol. The topological polar surface area (TPSA) is 256 Å². The van der Waals surface area contributed by atoms with Crippen molar-refractivity contribution in [2.75, 3.05) is 32.6 Å². The van der Waals surface area contributed by atoms with E-state index in [1.807, 2.05) is 46.7 Å². The lowest BCUT2D eigenvalue weighted by atomic mass is 9.73. The normalized spacial score (nSPS) is 35.1. The Morgan fingerprint density at radius 3 is 2.44 bits per heavy atom. The fraction of sp³-hybridized carbons (Fsp3) is 0.720. The Labute approximate surface area is 420 Å². The molecule has 0 radical (unpaired) electrons. The molecule has 2 aromatic rings. The number of halogens is 1. The Morgan fingerprint density at radius 2 is 1.79 bits per heavy atom. The maximum Gasteiger partial charge on any atom is 0.351 e. The molecule has 3 saturated heterocycles. The van der Waals surface area contributed by atoms with E-state index in [0.717, 1.165) is 6.92 Å². The number of ether oxygens (including phenoxy) is 5. The highest BCUT2D eigenvalue weighted by Gasteiger charge is 2.57. The second-order valence-corrected chi connectivity index (χ2v) is 21.4. The number of aromatic nitrogens is 2. The van der Waals surface area contributed by atoms with Crippen LogP contribution < -0.4 is 11.1 Å². The number of anilines is 1. The molecular weight excluding hydrogens is 942 g/mol. The standard InChI is InChI=1S/C50H76FN7O12S/c1-14-36-50(11,64)43-29(7)39(56-38(59)15-2)27(5)21-48(9,42(30(8)41(61)49(10,51)47(63)69-36)70-46-40(60)35(58(12)13)20-28(6)68-46)66-23-31(22-65-43)57-67-24-32-25-71-45(53-32)34-17-16-18-37(54-34)55-44(62)33(52)19-26(3)4/h16-18,25-30,33,35-36,40,42-43,46,60,64H,14-15,19-24,52H2,1-13H3,(H,54,55,62)/b56-39?,57-31+/t27-,28-,29+,30+,33+,35+,36-,40-,42-,43+,46+,48-,49+,50-/m1/s1. The highest BCUT2D eigenvalue weighted by molar-refractivity contribution is 7.13. The number of esters is 1. The number of ketones is 1. The molecule has 396 valence electrons. The predicted molar refractivity (Wildman–Crippen MR) is 265 cm³/mol. The van der Waals surface area contributed by atoms with Crippen LogP contribution in [-0.2, 0) is 54.3 Å². The molecule has 0 spiro atoms. The number of hydrogen-bond acceptors (Lipinski definition) is 18. The fourth-order valence-corrected chi connectivity index (χ4v) is 10.6. The van der Waals surface area contributed by atoms with Gasteiger partial charge in [0.25, 0.3) is 5.67 Å². The smallest absolute Gasteiger partial charge is 0.351 e. The molecule has 19 nitrogen and oxygen atoms in total. The van der Waals surface area contributed by atoms with Crippen LogP contribution >= 0.6 is 11.3 Å². The molecule has 14 atom stereocenters. The Balaban J connectivity index is 1.59. The minimum Gasteiger partial charge on any atom is -0.457 e. The molecular formula is C50H76FN7O12S. The van der Waals surface area contributed by atoms with Crippen molar-refractivity contribution in [3.05, 3.63) is 29.3 Å². The van der Waals surface area contributed by atoms with E-state index in [9.17, 15) is 29.4 Å². The lowest BCUT2D eigenvalue weighted by molar-refractivity contribution is -0.296. The Morgan fingerprint density at radius 1 is 1.08 bits per heavy atom. The number of carbonyl (C=O) groups excluding carboxylic acids is 4. The first kappa shape index (κ1) is 57.7. The molecule has 3 aliphatic heterocycles. The molecule has 2 amide bonds. The Hall–Kier alpha value is -4.19. The van der Waals surface area contributed by atoms with Gasteiger partial charge in [-0.3, -0.25) is 14.4 Å². The third kappa shape index (κ3) is 13.9. The summed E-state index contributed by atoms with van der Waals surface area (Å²) in [5.74, 6) is -5.95. The number of amides is 2. The maximum atomic E-state index is 17.0. The van der Waals surface area contributed by atoms with Crippen molar-refractivity contribution < 1.29 is 62.3 Å². The summed E-state index contributed by atoms with van der Waals surface area (Å²) >= 11 is 1.30. The predicted octanol–water partition coefficient (Wildman–Crippen LogP) is 5.43. The first-order valence-corrected chi connectivity index (χ1v) is 25.5. The lowest BCUT2D eigenvalue weighted by Gasteiger charge is -2.47. The van der Waals surface area contributed by atoms with Crippen molar-refractivity contribution in [2.24, 2.45) is 39.6 Å². The highest BCUT2D eigenvalue weighted by atomic mass is 32.1. The molecule has 21 heteroatoms. The minimum absolute atomic E-state index is 0.0240. The zero-order valence-corrected chi connectivity index (χ0v) is 44.3. The second-order valence-electron chi connectivity index (χ2n) is 20.5. The van der Waals surface area contributed by atoms with Gasteiger partial charge in [-0.15, -0.1) is 11.3 Å². The van der Waals surface area contributed by atoms with Crippen molar-refractivity contribution in [3.8, 4) is 10.7 Å². The summed E-state index contributed by atoms with van der Waals surface area (Å²) in [4.78, 5) is 76.2. The van der Waals surface area contributed by atoms with Gasteiger partial charge >= 0.3 is 5.97 Å². The summed E-state index contributed by atoms with van der Waals surface area (Å²) < 4.78 is 49.2. The molecule has 5 N–H and O–H groups in total. The second kappa shape index (κ2) is 24.2. The zero-order valence-electron chi connectivity index (χ0n) is 43.5. The van der Waals surface area contributed by atoms with Gasteiger partial charge in [-0.1, -0.05) is 59.7 Å². The molecule has 0 aromatic carbocycles. The van der Waals surface area contributed by atoms with Crippen LogP contribution in [0.3, 0.4) is 0 Å². The van der Waals surface area contributed by atoms with Crippen LogP contribution in [0.25, 0.3) is 10.7 Å². The number of alkyl halides is 1. The summed E-state index contributed by atoms with van der Waals surface area (Å²) in [7, 11) is 3.62. The van der Waals surface area contributed by atoms with Crippen molar-refractivity contribution >= 4 is 52.1 Å². The van der Waals surface area contributed by atoms with Crippen LogP contribution in [0.4, 0.5) is 10.2 Å². The van der Waals surface area contributed by atoms with Crippen LogP contribution in [0, 0.1) is 23.7 Å². The van der Waals surface area contributed by atoms with E-state index in [-0.39, 0.29) is 56.6 Å². The third-order valence-corrected chi connectivity index (χ3v) is 14.6. The van der Waals surface area contributed by atoms with Gasteiger partial charge in [-0.2, -0.15) is 0 Å². The molecule has 2 aromatic heterocycles. The number of fused-ring (bicyclic) bond motifs is 5. The third-order valence-electron chi connectivity index (χ3n) is 13.7. The summed E-state index contributed by atoms with van der Waals surface area (Å²) in [5, 5.41) is 33.8. The molecule has 5 rings (SSSR count). The minimum atomic E-state index is -3.25. The summed E-state index contributed by atoms with van der Waals surface area (Å²) in [6.07, 6.45) is -6.17. The van der Waals surface area contributed by atoms with Gasteiger partial charge in [0.15, 0.2) is 18.7 Å². The Kier molecular flexibility index (Phi) is 19.7. The molecule has 71 heavy (non-hydrogen) atoms. The van der Waals surface area contributed by atoms with Crippen LogP contribution in [0.5, 0.6) is 0 Å². The number of rotatable bonds is 13. The number of hydrogen-bond donors (Lipinski definition) is 4. The van der Waals surface area contributed by atoms with E-state index in [1.54, 1.807) is 51.3 Å². The maximum absolute atomic E-state index is 17.0. The van der Waals surface area contributed by atoms with Crippen LogP contribution in [0.1, 0.15) is 114 Å². The van der Waals surface area contributed by atoms with Gasteiger partial charge in [0.1, 0.15) is 40.0 Å². The number of pyridine rings is 1. The number of thiazole rings is 1. The van der Waals surface area contributed by atoms with E-state index in [4.69, 9.17) is 39.2 Å². The molecule has 0 aliphatic carbocycles. The first-order valence-electron chi connectivity index (χ1n) is 24.6. The number of carbonyl (C=O) groups is 4. The lowest BCUT2D eigenvalue weighted by Crippen LogP contribution is -2.61. The van der Waals surface area contributed by atoms with Gasteiger partial charge < -0.3 is 54.7 Å². The number of oxime groups is 1. The summed E-state index contributed by atoms with van der Waals surface area (Å²) in [5.41, 5.74) is 0.619. The number of nitrogens with zero attached hydrogens (tertiary/aromatic N) is 5. The van der Waals surface area contributed by atoms with Crippen molar-refractivity contribution in [1.29, 1.82) is 0 Å². The number of aliphatic hydroxyl groups is 2. The number of aliphatic hydroxyl groups excluding tert-OH is 1. The van der Waals surface area contributed by atoms with Gasteiger partial charge in [0.2, 0.25) is 11.8 Å².